The van der Waals surface area contributed by atoms with Crippen LogP contribution in [0.15, 0.2) is 12.1 Å². The van der Waals surface area contributed by atoms with Crippen LogP contribution in [0.2, 0.25) is 0 Å². The van der Waals surface area contributed by atoms with E-state index >= 15 is 0 Å². The normalized spacial score (nSPS) is 12.5. The first kappa shape index (κ1) is 11.8. The molecule has 0 aliphatic rings. The van der Waals surface area contributed by atoms with Crippen LogP contribution in [0.3, 0.4) is 0 Å². The second-order valence-corrected chi connectivity index (χ2v) is 3.37. The highest BCUT2D eigenvalue weighted by atomic mass is 16.5. The molecular weight excluding hydrogens is 194 g/mol. The monoisotopic (exact) mass is 211 g/mol. The Balaban J connectivity index is 3.19. The minimum atomic E-state index is -0.554. The van der Waals surface area contributed by atoms with Crippen LogP contribution < -0.4 is 10.5 Å². The lowest BCUT2D eigenvalue weighted by molar-refractivity contribution is 0.265. The number of aromatic hydroxyl groups is 1. The molecule has 0 aliphatic carbocycles. The summed E-state index contributed by atoms with van der Waals surface area (Å²) in [6.45, 7) is 1.80. The van der Waals surface area contributed by atoms with Crippen molar-refractivity contribution in [1.29, 1.82) is 0 Å². The number of aliphatic hydroxyl groups excluding tert-OH is 1. The summed E-state index contributed by atoms with van der Waals surface area (Å²) in [6.07, 6.45) is 0.786. The summed E-state index contributed by atoms with van der Waals surface area (Å²) >= 11 is 0. The van der Waals surface area contributed by atoms with Crippen molar-refractivity contribution in [3.63, 3.8) is 0 Å². The van der Waals surface area contributed by atoms with Crippen molar-refractivity contribution in [3.8, 4) is 11.5 Å². The van der Waals surface area contributed by atoms with Crippen LogP contribution in [-0.2, 0) is 6.42 Å². The quantitative estimate of drug-likeness (QED) is 0.693. The van der Waals surface area contributed by atoms with Crippen molar-refractivity contribution in [2.45, 2.75) is 19.4 Å². The van der Waals surface area contributed by atoms with Crippen molar-refractivity contribution >= 4 is 0 Å². The molecule has 0 aliphatic heterocycles. The van der Waals surface area contributed by atoms with E-state index in [1.807, 2.05) is 6.92 Å². The smallest absolute Gasteiger partial charge is 0.125 e. The number of nitrogens with two attached hydrogens (primary N) is 1. The second-order valence-electron chi connectivity index (χ2n) is 3.37. The molecule has 1 aromatic carbocycles. The van der Waals surface area contributed by atoms with Gasteiger partial charge in [-0.25, -0.2) is 0 Å². The van der Waals surface area contributed by atoms with Gasteiger partial charge in [0.1, 0.15) is 11.5 Å². The van der Waals surface area contributed by atoms with E-state index in [2.05, 4.69) is 0 Å². The largest absolute Gasteiger partial charge is 0.507 e. The van der Waals surface area contributed by atoms with Gasteiger partial charge in [0.05, 0.1) is 19.8 Å². The zero-order chi connectivity index (χ0) is 11.4. The van der Waals surface area contributed by atoms with Crippen molar-refractivity contribution in [2.75, 3.05) is 13.7 Å². The number of methoxy groups -OCH3 is 1. The van der Waals surface area contributed by atoms with Gasteiger partial charge in [-0.2, -0.15) is 0 Å². The van der Waals surface area contributed by atoms with Gasteiger partial charge in [-0.1, -0.05) is 6.92 Å². The summed E-state index contributed by atoms with van der Waals surface area (Å²) in [4.78, 5) is 0. The second kappa shape index (κ2) is 5.00. The van der Waals surface area contributed by atoms with E-state index in [9.17, 15) is 5.11 Å². The van der Waals surface area contributed by atoms with Crippen molar-refractivity contribution < 1.29 is 14.9 Å². The lowest BCUT2D eigenvalue weighted by Gasteiger charge is -2.15. The summed E-state index contributed by atoms with van der Waals surface area (Å²) in [5.41, 5.74) is 7.18. The number of phenols is 1. The van der Waals surface area contributed by atoms with Gasteiger partial charge in [0.15, 0.2) is 0 Å². The molecule has 0 radical (unpaired) electrons. The number of aliphatic hydroxyl groups is 1. The van der Waals surface area contributed by atoms with Gasteiger partial charge in [0.2, 0.25) is 0 Å². The Bertz CT molecular complexity index is 339. The Morgan fingerprint density at radius 1 is 1.47 bits per heavy atom. The number of hydrogen-bond donors (Lipinski definition) is 3. The van der Waals surface area contributed by atoms with Crippen molar-refractivity contribution in [1.82, 2.24) is 0 Å². The summed E-state index contributed by atoms with van der Waals surface area (Å²) in [5.74, 6) is 0.703. The molecule has 0 amide bonds. The number of aryl methyl sites for hydroxylation is 1. The van der Waals surface area contributed by atoms with Crippen molar-refractivity contribution in [2.24, 2.45) is 5.73 Å². The molecule has 0 bridgehead atoms. The van der Waals surface area contributed by atoms with E-state index in [1.165, 1.54) is 6.07 Å². The third kappa shape index (κ3) is 2.40. The molecule has 1 unspecified atom stereocenters. The number of rotatable bonds is 4. The Kier molecular flexibility index (Phi) is 3.94. The van der Waals surface area contributed by atoms with Gasteiger partial charge < -0.3 is 20.7 Å². The molecule has 1 rings (SSSR count). The van der Waals surface area contributed by atoms with Gasteiger partial charge in [-0.3, -0.25) is 0 Å². The predicted molar refractivity (Wildman–Crippen MR) is 58.1 cm³/mol. The maximum atomic E-state index is 9.67. The maximum Gasteiger partial charge on any atom is 0.125 e. The first-order chi connectivity index (χ1) is 7.13. The average Bonchev–Trinajstić information content (AvgIpc) is 2.27. The molecule has 4 heteroatoms. The van der Waals surface area contributed by atoms with E-state index in [0.29, 0.717) is 11.3 Å². The van der Waals surface area contributed by atoms with E-state index in [0.717, 1.165) is 12.0 Å². The molecule has 4 nitrogen and oxygen atoms in total. The summed E-state index contributed by atoms with van der Waals surface area (Å²) in [6, 6.07) is 2.75. The zero-order valence-corrected chi connectivity index (χ0v) is 9.03. The molecule has 15 heavy (non-hydrogen) atoms. The molecule has 0 fully saturated rings. The van der Waals surface area contributed by atoms with Gasteiger partial charge in [0, 0.05) is 11.6 Å². The molecule has 0 spiro atoms. The van der Waals surface area contributed by atoms with E-state index in [4.69, 9.17) is 15.6 Å². The van der Waals surface area contributed by atoms with Crippen molar-refractivity contribution in [3.05, 3.63) is 23.3 Å². The van der Waals surface area contributed by atoms with Crippen LogP contribution in [0.5, 0.6) is 11.5 Å². The Labute approximate surface area is 89.3 Å². The van der Waals surface area contributed by atoms with Gasteiger partial charge in [-0.15, -0.1) is 0 Å². The zero-order valence-electron chi connectivity index (χ0n) is 9.03. The molecule has 4 N–H and O–H groups in total. The van der Waals surface area contributed by atoms with Gasteiger partial charge in [0.25, 0.3) is 0 Å². The molecule has 0 saturated heterocycles. The van der Waals surface area contributed by atoms with Gasteiger partial charge in [-0.05, 0) is 18.1 Å². The highest BCUT2D eigenvalue weighted by Crippen LogP contribution is 2.31. The fourth-order valence-electron chi connectivity index (χ4n) is 1.49. The SMILES string of the molecule is CCc1cc(C(N)CO)c(O)cc1OC. The van der Waals surface area contributed by atoms with Crippen LogP contribution in [0.25, 0.3) is 0 Å². The Morgan fingerprint density at radius 3 is 2.60 bits per heavy atom. The Hall–Kier alpha value is -1.26. The minimum Gasteiger partial charge on any atom is -0.507 e. The summed E-state index contributed by atoms with van der Waals surface area (Å²) < 4.78 is 5.12. The van der Waals surface area contributed by atoms with Crippen LogP contribution in [0.1, 0.15) is 24.1 Å². The van der Waals surface area contributed by atoms with Crippen LogP contribution in [0, 0.1) is 0 Å². The molecule has 0 saturated carbocycles. The lowest BCUT2D eigenvalue weighted by Crippen LogP contribution is -2.15. The molecule has 84 valence electrons. The molecule has 1 aromatic rings. The van der Waals surface area contributed by atoms with E-state index in [-0.39, 0.29) is 12.4 Å². The first-order valence-corrected chi connectivity index (χ1v) is 4.90. The predicted octanol–water partition coefficient (Wildman–Crippen LogP) is 0.955. The van der Waals surface area contributed by atoms with Crippen LogP contribution in [-0.4, -0.2) is 23.9 Å². The molecule has 0 heterocycles. The van der Waals surface area contributed by atoms with E-state index < -0.39 is 6.04 Å². The average molecular weight is 211 g/mol. The maximum absolute atomic E-state index is 9.67. The number of phenolic OH excluding ortho intramolecular Hbond substituents is 1. The highest BCUT2D eigenvalue weighted by molar-refractivity contribution is 5.47. The number of ether oxygens (including phenoxy) is 1. The van der Waals surface area contributed by atoms with Gasteiger partial charge >= 0.3 is 0 Å². The van der Waals surface area contributed by atoms with Crippen LogP contribution in [0.4, 0.5) is 0 Å². The van der Waals surface area contributed by atoms with Crippen LogP contribution >= 0.6 is 0 Å². The topological polar surface area (TPSA) is 75.7 Å². The standard InChI is InChI=1S/C11H17NO3/c1-3-7-4-8(9(12)6-13)10(14)5-11(7)15-2/h4-5,9,13-14H,3,6,12H2,1-2H3. The molecule has 0 aromatic heterocycles. The number of hydrogen-bond acceptors (Lipinski definition) is 4. The fourth-order valence-corrected chi connectivity index (χ4v) is 1.49. The molecule has 1 atom stereocenters. The summed E-state index contributed by atoms with van der Waals surface area (Å²) in [5, 5.41) is 18.6. The molecular formula is C11H17NO3. The summed E-state index contributed by atoms with van der Waals surface area (Å²) in [7, 11) is 1.56. The minimum absolute atomic E-state index is 0.0607. The highest BCUT2D eigenvalue weighted by Gasteiger charge is 2.13. The fraction of sp³-hybridized carbons (Fsp3) is 0.455. The third-order valence-electron chi connectivity index (χ3n) is 2.41. The van der Waals surface area contributed by atoms with E-state index in [1.54, 1.807) is 13.2 Å². The Morgan fingerprint density at radius 2 is 2.13 bits per heavy atom. The first-order valence-electron chi connectivity index (χ1n) is 4.90. The third-order valence-corrected chi connectivity index (χ3v) is 2.41. The lowest BCUT2D eigenvalue weighted by atomic mass is 10.0. The number of benzene rings is 1.